The Morgan fingerprint density at radius 3 is 2.50 bits per heavy atom. The molecular weight excluding hydrogens is 348 g/mol. The summed E-state index contributed by atoms with van der Waals surface area (Å²) in [4.78, 5) is 11.5. The minimum atomic E-state index is -1.02. The van der Waals surface area contributed by atoms with Crippen molar-refractivity contribution in [2.75, 3.05) is 19.0 Å². The Kier molecular flexibility index (Phi) is 8.67. The van der Waals surface area contributed by atoms with Gasteiger partial charge in [-0.1, -0.05) is 47.0 Å². The Balaban J connectivity index is 2.79. The third-order valence-corrected chi connectivity index (χ3v) is 3.87. The van der Waals surface area contributed by atoms with E-state index in [0.29, 0.717) is 23.7 Å². The van der Waals surface area contributed by atoms with E-state index in [-0.39, 0.29) is 5.57 Å². The van der Waals surface area contributed by atoms with Gasteiger partial charge >= 0.3 is 5.97 Å². The maximum absolute atomic E-state index is 11.5. The average Bonchev–Trinajstić information content (AvgIpc) is 2.51. The van der Waals surface area contributed by atoms with Crippen molar-refractivity contribution in [1.82, 2.24) is 0 Å². The van der Waals surface area contributed by atoms with Crippen molar-refractivity contribution in [2.45, 2.75) is 32.6 Å². The van der Waals surface area contributed by atoms with E-state index in [9.17, 15) is 9.90 Å². The van der Waals surface area contributed by atoms with Crippen LogP contribution in [0.5, 0.6) is 5.75 Å². The minimum absolute atomic E-state index is 0.136. The number of methoxy groups -OCH3 is 1. The number of aliphatic carboxylic acids is 1. The maximum Gasteiger partial charge on any atom is 0.339 e. The van der Waals surface area contributed by atoms with Crippen LogP contribution in [-0.4, -0.2) is 30.1 Å². The van der Waals surface area contributed by atoms with Crippen molar-refractivity contribution in [3.05, 3.63) is 35.6 Å². The zero-order valence-electron chi connectivity index (χ0n) is 13.1. The SMILES string of the molecule is COC(C)=C(C(=O)O)c1ccccc1OCCCCCCBr. The summed E-state index contributed by atoms with van der Waals surface area (Å²) in [6.45, 7) is 2.22. The molecule has 22 heavy (non-hydrogen) atoms. The molecular formula is C17H23BrO4. The minimum Gasteiger partial charge on any atom is -0.500 e. The third kappa shape index (κ3) is 5.72. The van der Waals surface area contributed by atoms with Crippen LogP contribution in [0.2, 0.25) is 0 Å². The smallest absolute Gasteiger partial charge is 0.339 e. The Morgan fingerprint density at radius 2 is 1.86 bits per heavy atom. The second-order valence-electron chi connectivity index (χ2n) is 4.89. The summed E-state index contributed by atoms with van der Waals surface area (Å²) >= 11 is 3.41. The molecule has 1 aromatic rings. The molecule has 1 N–H and O–H groups in total. The highest BCUT2D eigenvalue weighted by Crippen LogP contribution is 2.29. The topological polar surface area (TPSA) is 55.8 Å². The predicted molar refractivity (Wildman–Crippen MR) is 91.4 cm³/mol. The number of unbranched alkanes of at least 4 members (excludes halogenated alkanes) is 3. The molecule has 0 saturated carbocycles. The fraction of sp³-hybridized carbons (Fsp3) is 0.471. The van der Waals surface area contributed by atoms with Gasteiger partial charge in [-0.3, -0.25) is 0 Å². The van der Waals surface area contributed by atoms with E-state index >= 15 is 0 Å². The third-order valence-electron chi connectivity index (χ3n) is 3.31. The number of para-hydroxylation sites is 1. The number of allylic oxidation sites excluding steroid dienone is 1. The molecule has 0 unspecified atom stereocenters. The summed E-state index contributed by atoms with van der Waals surface area (Å²) < 4.78 is 10.9. The molecule has 5 heteroatoms. The van der Waals surface area contributed by atoms with E-state index in [2.05, 4.69) is 15.9 Å². The zero-order valence-corrected chi connectivity index (χ0v) is 14.7. The van der Waals surface area contributed by atoms with Crippen LogP contribution in [-0.2, 0) is 9.53 Å². The van der Waals surface area contributed by atoms with Crippen molar-refractivity contribution >= 4 is 27.5 Å². The lowest BCUT2D eigenvalue weighted by Crippen LogP contribution is -2.07. The molecule has 0 atom stereocenters. The summed E-state index contributed by atoms with van der Waals surface area (Å²) in [6.07, 6.45) is 4.39. The molecule has 0 bridgehead atoms. The molecule has 0 fully saturated rings. The lowest BCUT2D eigenvalue weighted by Gasteiger charge is -2.13. The van der Waals surface area contributed by atoms with Gasteiger partial charge in [-0.15, -0.1) is 0 Å². The lowest BCUT2D eigenvalue weighted by atomic mass is 10.0. The number of carboxylic acids is 1. The van der Waals surface area contributed by atoms with Gasteiger partial charge in [0.2, 0.25) is 0 Å². The number of alkyl halides is 1. The van der Waals surface area contributed by atoms with Crippen molar-refractivity contribution in [1.29, 1.82) is 0 Å². The molecule has 1 aromatic carbocycles. The number of halogens is 1. The van der Waals surface area contributed by atoms with E-state index in [0.717, 1.165) is 24.6 Å². The second kappa shape index (κ2) is 10.3. The van der Waals surface area contributed by atoms with Crippen LogP contribution in [0.1, 0.15) is 38.2 Å². The Morgan fingerprint density at radius 1 is 1.18 bits per heavy atom. The summed E-state index contributed by atoms with van der Waals surface area (Å²) in [6, 6.07) is 7.17. The number of rotatable bonds is 10. The first-order chi connectivity index (χ1) is 10.6. The molecule has 0 amide bonds. The van der Waals surface area contributed by atoms with E-state index < -0.39 is 5.97 Å². The Bertz CT molecular complexity index is 511. The highest BCUT2D eigenvalue weighted by Gasteiger charge is 2.19. The van der Waals surface area contributed by atoms with Gasteiger partial charge in [0, 0.05) is 10.9 Å². The van der Waals surface area contributed by atoms with E-state index in [4.69, 9.17) is 9.47 Å². The first-order valence-electron chi connectivity index (χ1n) is 7.38. The van der Waals surface area contributed by atoms with Crippen LogP contribution in [0.4, 0.5) is 0 Å². The van der Waals surface area contributed by atoms with Crippen LogP contribution in [0.25, 0.3) is 5.57 Å². The number of hydrogen-bond donors (Lipinski definition) is 1. The molecule has 0 radical (unpaired) electrons. The summed E-state index contributed by atoms with van der Waals surface area (Å²) in [5.41, 5.74) is 0.687. The van der Waals surface area contributed by atoms with Crippen molar-refractivity contribution in [3.63, 3.8) is 0 Å². The number of ether oxygens (including phenoxy) is 2. The van der Waals surface area contributed by atoms with Gasteiger partial charge in [0.05, 0.1) is 13.7 Å². The molecule has 0 heterocycles. The standard InChI is InChI=1S/C17H23BrO4/c1-13(21-2)16(17(19)20)14-9-5-6-10-15(14)22-12-8-4-3-7-11-18/h5-6,9-10H,3-4,7-8,11-12H2,1-2H3,(H,19,20). The zero-order chi connectivity index (χ0) is 16.4. The van der Waals surface area contributed by atoms with Gasteiger partial charge in [-0.05, 0) is 25.8 Å². The van der Waals surface area contributed by atoms with Crippen LogP contribution in [0.15, 0.2) is 30.0 Å². The highest BCUT2D eigenvalue weighted by atomic mass is 79.9. The molecule has 0 saturated heterocycles. The highest BCUT2D eigenvalue weighted by molar-refractivity contribution is 9.09. The normalized spacial score (nSPS) is 11.8. The molecule has 0 aliphatic carbocycles. The van der Waals surface area contributed by atoms with Gasteiger partial charge in [-0.2, -0.15) is 0 Å². The van der Waals surface area contributed by atoms with E-state index in [1.807, 2.05) is 6.07 Å². The summed E-state index contributed by atoms with van der Waals surface area (Å²) in [7, 11) is 1.46. The monoisotopic (exact) mass is 370 g/mol. The van der Waals surface area contributed by atoms with Gasteiger partial charge < -0.3 is 14.6 Å². The van der Waals surface area contributed by atoms with Gasteiger partial charge in [-0.25, -0.2) is 4.79 Å². The Hall–Kier alpha value is -1.49. The molecule has 0 aliphatic heterocycles. The average molecular weight is 371 g/mol. The molecule has 1 rings (SSSR count). The number of hydrogen-bond acceptors (Lipinski definition) is 3. The van der Waals surface area contributed by atoms with Crippen LogP contribution in [0.3, 0.4) is 0 Å². The quantitative estimate of drug-likeness (QED) is 0.285. The first-order valence-corrected chi connectivity index (χ1v) is 8.50. The van der Waals surface area contributed by atoms with Crippen LogP contribution in [0, 0.1) is 0 Å². The number of carboxylic acid groups (broad SMARTS) is 1. The van der Waals surface area contributed by atoms with Crippen molar-refractivity contribution < 1.29 is 19.4 Å². The molecule has 0 aromatic heterocycles. The lowest BCUT2D eigenvalue weighted by molar-refractivity contribution is -0.130. The Labute approximate surface area is 140 Å². The molecule has 4 nitrogen and oxygen atoms in total. The van der Waals surface area contributed by atoms with Gasteiger partial charge in [0.25, 0.3) is 0 Å². The maximum atomic E-state index is 11.5. The van der Waals surface area contributed by atoms with Crippen molar-refractivity contribution in [3.8, 4) is 5.75 Å². The first kappa shape index (κ1) is 18.6. The van der Waals surface area contributed by atoms with Crippen LogP contribution < -0.4 is 4.74 Å². The van der Waals surface area contributed by atoms with E-state index in [1.54, 1.807) is 25.1 Å². The fourth-order valence-electron chi connectivity index (χ4n) is 2.09. The van der Waals surface area contributed by atoms with Gasteiger partial charge in [0.15, 0.2) is 0 Å². The number of carbonyl (C=O) groups is 1. The molecule has 0 spiro atoms. The van der Waals surface area contributed by atoms with Gasteiger partial charge in [0.1, 0.15) is 17.1 Å². The predicted octanol–water partition coefficient (Wildman–Crippen LogP) is 4.48. The van der Waals surface area contributed by atoms with Crippen LogP contribution >= 0.6 is 15.9 Å². The summed E-state index contributed by atoms with van der Waals surface area (Å²) in [5, 5.41) is 10.5. The second-order valence-corrected chi connectivity index (χ2v) is 5.68. The number of benzene rings is 1. The fourth-order valence-corrected chi connectivity index (χ4v) is 2.49. The van der Waals surface area contributed by atoms with E-state index in [1.165, 1.54) is 13.5 Å². The van der Waals surface area contributed by atoms with Crippen molar-refractivity contribution in [2.24, 2.45) is 0 Å². The summed E-state index contributed by atoms with van der Waals surface area (Å²) in [5.74, 6) is -0.0783. The molecule has 0 aliphatic rings. The molecule has 122 valence electrons. The largest absolute Gasteiger partial charge is 0.500 e.